The van der Waals surface area contributed by atoms with E-state index in [4.69, 9.17) is 5.26 Å². The summed E-state index contributed by atoms with van der Waals surface area (Å²) >= 11 is 0. The predicted octanol–water partition coefficient (Wildman–Crippen LogP) is 2.16. The molecule has 0 spiro atoms. The normalized spacial score (nSPS) is 10.1. The molecular weight excluding hydrogens is 238 g/mol. The summed E-state index contributed by atoms with van der Waals surface area (Å²) in [5, 5.41) is 11.9. The summed E-state index contributed by atoms with van der Waals surface area (Å²) < 4.78 is 0. The number of carbonyl (C=O) groups is 1. The van der Waals surface area contributed by atoms with E-state index in [0.29, 0.717) is 18.0 Å². The van der Waals surface area contributed by atoms with E-state index < -0.39 is 0 Å². The first-order valence-electron chi connectivity index (χ1n) is 6.51. The van der Waals surface area contributed by atoms with E-state index in [-0.39, 0.29) is 12.5 Å². The fraction of sp³-hybridized carbons (Fsp3) is 0.467. The lowest BCUT2D eigenvalue weighted by atomic mass is 10.1. The molecule has 4 nitrogen and oxygen atoms in total. The SMILES string of the molecule is CC(C)CCNC(=O)CN(C)c1ccccc1C#N. The van der Waals surface area contributed by atoms with Crippen LogP contribution in [0.1, 0.15) is 25.8 Å². The molecular formula is C15H21N3O. The molecule has 1 aromatic carbocycles. The van der Waals surface area contributed by atoms with Crippen LogP contribution in [-0.2, 0) is 4.79 Å². The summed E-state index contributed by atoms with van der Waals surface area (Å²) in [7, 11) is 1.82. The van der Waals surface area contributed by atoms with Crippen LogP contribution in [0.3, 0.4) is 0 Å². The van der Waals surface area contributed by atoms with Crippen molar-refractivity contribution in [3.05, 3.63) is 29.8 Å². The molecule has 0 atom stereocenters. The number of benzene rings is 1. The van der Waals surface area contributed by atoms with Gasteiger partial charge in [-0.3, -0.25) is 4.79 Å². The Kier molecular flexibility index (Phi) is 5.87. The van der Waals surface area contributed by atoms with Crippen LogP contribution in [0, 0.1) is 17.2 Å². The average Bonchev–Trinajstić information content (AvgIpc) is 2.38. The molecule has 0 saturated carbocycles. The second-order valence-corrected chi connectivity index (χ2v) is 5.02. The minimum absolute atomic E-state index is 0.0177. The van der Waals surface area contributed by atoms with Gasteiger partial charge in [0.15, 0.2) is 0 Å². The molecule has 0 aromatic heterocycles. The zero-order chi connectivity index (χ0) is 14.3. The lowest BCUT2D eigenvalue weighted by Crippen LogP contribution is -2.36. The van der Waals surface area contributed by atoms with Crippen LogP contribution in [0.5, 0.6) is 0 Å². The van der Waals surface area contributed by atoms with Crippen LogP contribution < -0.4 is 10.2 Å². The molecule has 19 heavy (non-hydrogen) atoms. The Morgan fingerprint density at radius 1 is 1.42 bits per heavy atom. The maximum Gasteiger partial charge on any atom is 0.239 e. The monoisotopic (exact) mass is 259 g/mol. The summed E-state index contributed by atoms with van der Waals surface area (Å²) in [5.74, 6) is 0.563. The summed E-state index contributed by atoms with van der Waals surface area (Å²) in [6.45, 7) is 5.21. The van der Waals surface area contributed by atoms with Gasteiger partial charge in [-0.1, -0.05) is 26.0 Å². The van der Waals surface area contributed by atoms with Crippen molar-refractivity contribution in [2.45, 2.75) is 20.3 Å². The van der Waals surface area contributed by atoms with Gasteiger partial charge in [0.05, 0.1) is 17.8 Å². The summed E-state index contributed by atoms with van der Waals surface area (Å²) in [6.07, 6.45) is 0.976. The van der Waals surface area contributed by atoms with Crippen molar-refractivity contribution in [3.63, 3.8) is 0 Å². The molecule has 1 aromatic rings. The Morgan fingerprint density at radius 3 is 2.74 bits per heavy atom. The fourth-order valence-electron chi connectivity index (χ4n) is 1.76. The second-order valence-electron chi connectivity index (χ2n) is 5.02. The van der Waals surface area contributed by atoms with E-state index in [9.17, 15) is 4.79 Å². The predicted molar refractivity (Wildman–Crippen MR) is 76.9 cm³/mol. The molecule has 4 heteroatoms. The third kappa shape index (κ3) is 5.01. The Hall–Kier alpha value is -2.02. The average molecular weight is 259 g/mol. The van der Waals surface area contributed by atoms with Gasteiger partial charge in [0, 0.05) is 13.6 Å². The smallest absolute Gasteiger partial charge is 0.239 e. The van der Waals surface area contributed by atoms with Crippen molar-refractivity contribution >= 4 is 11.6 Å². The van der Waals surface area contributed by atoms with E-state index in [0.717, 1.165) is 12.1 Å². The quantitative estimate of drug-likeness (QED) is 0.851. The summed E-state index contributed by atoms with van der Waals surface area (Å²) in [4.78, 5) is 13.6. The summed E-state index contributed by atoms with van der Waals surface area (Å²) in [6, 6.07) is 9.42. The Labute approximate surface area is 115 Å². The molecule has 0 unspecified atom stereocenters. The van der Waals surface area contributed by atoms with Gasteiger partial charge in [0.1, 0.15) is 6.07 Å². The van der Waals surface area contributed by atoms with Gasteiger partial charge in [0.25, 0.3) is 0 Å². The van der Waals surface area contributed by atoms with Gasteiger partial charge in [0.2, 0.25) is 5.91 Å². The van der Waals surface area contributed by atoms with Gasteiger partial charge in [-0.05, 0) is 24.5 Å². The number of hydrogen-bond acceptors (Lipinski definition) is 3. The minimum atomic E-state index is -0.0177. The maximum atomic E-state index is 11.8. The fourth-order valence-corrected chi connectivity index (χ4v) is 1.76. The van der Waals surface area contributed by atoms with Crippen molar-refractivity contribution < 1.29 is 4.79 Å². The van der Waals surface area contributed by atoms with Crippen LogP contribution in [0.15, 0.2) is 24.3 Å². The molecule has 0 fully saturated rings. The molecule has 0 saturated heterocycles. The van der Waals surface area contributed by atoms with Gasteiger partial charge in [-0.2, -0.15) is 5.26 Å². The van der Waals surface area contributed by atoms with Crippen molar-refractivity contribution in [2.75, 3.05) is 25.0 Å². The molecule has 0 heterocycles. The standard InChI is InChI=1S/C15H21N3O/c1-12(2)8-9-17-15(19)11-18(3)14-7-5-4-6-13(14)10-16/h4-7,12H,8-9,11H2,1-3H3,(H,17,19). The molecule has 1 rings (SSSR count). The van der Waals surface area contributed by atoms with Crippen molar-refractivity contribution in [2.24, 2.45) is 5.92 Å². The summed E-state index contributed by atoms with van der Waals surface area (Å²) in [5.41, 5.74) is 1.36. The molecule has 0 aliphatic rings. The first-order chi connectivity index (χ1) is 9.04. The van der Waals surface area contributed by atoms with Crippen LogP contribution in [-0.4, -0.2) is 26.0 Å². The topological polar surface area (TPSA) is 56.1 Å². The maximum absolute atomic E-state index is 11.8. The highest BCUT2D eigenvalue weighted by atomic mass is 16.2. The zero-order valence-corrected chi connectivity index (χ0v) is 11.8. The second kappa shape index (κ2) is 7.42. The van der Waals surface area contributed by atoms with Gasteiger partial charge >= 0.3 is 0 Å². The van der Waals surface area contributed by atoms with E-state index in [1.807, 2.05) is 25.2 Å². The number of anilines is 1. The lowest BCUT2D eigenvalue weighted by Gasteiger charge is -2.20. The molecule has 1 amide bonds. The third-order valence-electron chi connectivity index (χ3n) is 2.86. The van der Waals surface area contributed by atoms with Gasteiger partial charge in [-0.15, -0.1) is 0 Å². The molecule has 102 valence electrons. The van der Waals surface area contributed by atoms with Crippen molar-refractivity contribution in [1.82, 2.24) is 5.32 Å². The van der Waals surface area contributed by atoms with Gasteiger partial charge < -0.3 is 10.2 Å². The number of nitriles is 1. The van der Waals surface area contributed by atoms with E-state index in [2.05, 4.69) is 25.2 Å². The number of carbonyl (C=O) groups excluding carboxylic acids is 1. The third-order valence-corrected chi connectivity index (χ3v) is 2.86. The molecule has 0 aliphatic carbocycles. The number of amides is 1. The van der Waals surface area contributed by atoms with E-state index in [1.165, 1.54) is 0 Å². The highest BCUT2D eigenvalue weighted by molar-refractivity contribution is 5.81. The zero-order valence-electron chi connectivity index (χ0n) is 11.8. The van der Waals surface area contributed by atoms with E-state index in [1.54, 1.807) is 11.0 Å². The number of nitrogens with zero attached hydrogens (tertiary/aromatic N) is 2. The van der Waals surface area contributed by atoms with Crippen LogP contribution in [0.2, 0.25) is 0 Å². The van der Waals surface area contributed by atoms with Crippen molar-refractivity contribution in [1.29, 1.82) is 5.26 Å². The first-order valence-corrected chi connectivity index (χ1v) is 6.51. The number of nitrogens with one attached hydrogen (secondary N) is 1. The van der Waals surface area contributed by atoms with Crippen LogP contribution in [0.25, 0.3) is 0 Å². The van der Waals surface area contributed by atoms with Crippen molar-refractivity contribution in [3.8, 4) is 6.07 Å². The number of likely N-dealkylation sites (N-methyl/N-ethyl adjacent to an activating group) is 1. The Morgan fingerprint density at radius 2 is 2.11 bits per heavy atom. The van der Waals surface area contributed by atoms with E-state index >= 15 is 0 Å². The largest absolute Gasteiger partial charge is 0.364 e. The number of hydrogen-bond donors (Lipinski definition) is 1. The molecule has 0 aliphatic heterocycles. The van der Waals surface area contributed by atoms with Crippen LogP contribution in [0.4, 0.5) is 5.69 Å². The molecule has 0 radical (unpaired) electrons. The lowest BCUT2D eigenvalue weighted by molar-refractivity contribution is -0.119. The van der Waals surface area contributed by atoms with Crippen LogP contribution >= 0.6 is 0 Å². The molecule has 0 bridgehead atoms. The highest BCUT2D eigenvalue weighted by Crippen LogP contribution is 2.17. The first kappa shape index (κ1) is 15.0. The minimum Gasteiger partial charge on any atom is -0.364 e. The number of para-hydroxylation sites is 1. The Bertz CT molecular complexity index is 463. The number of rotatable bonds is 6. The molecule has 1 N–H and O–H groups in total. The Balaban J connectivity index is 2.53. The highest BCUT2D eigenvalue weighted by Gasteiger charge is 2.10. The van der Waals surface area contributed by atoms with Gasteiger partial charge in [-0.25, -0.2) is 0 Å².